The Morgan fingerprint density at radius 1 is 0.536 bits per heavy atom. The Hall–Kier alpha value is -0.452. The van der Waals surface area contributed by atoms with Gasteiger partial charge in [0.05, 0.1) is 22.4 Å². The monoisotopic (exact) mass is 571 g/mol. The van der Waals surface area contributed by atoms with Gasteiger partial charge in [0.25, 0.3) is 0 Å². The first kappa shape index (κ1) is 35.0. The Morgan fingerprint density at radius 3 is 0.821 bits per heavy atom. The van der Waals surface area contributed by atoms with Crippen LogP contribution in [-0.4, -0.2) is 42.8 Å². The van der Waals surface area contributed by atoms with Crippen LogP contribution < -0.4 is 0 Å². The Morgan fingerprint density at radius 2 is 0.714 bits per heavy atom. The molecule has 168 valence electrons. The first-order valence-electron chi connectivity index (χ1n) is 9.21. The summed E-state index contributed by atoms with van der Waals surface area (Å²) in [4.78, 5) is 0. The minimum atomic E-state index is -0.500. The van der Waals surface area contributed by atoms with Crippen LogP contribution in [0, 0.1) is 0 Å². The minimum absolute atomic E-state index is 0.500. The van der Waals surface area contributed by atoms with Crippen molar-refractivity contribution in [3.63, 3.8) is 0 Å². The van der Waals surface area contributed by atoms with Crippen molar-refractivity contribution in [1.82, 2.24) is 0 Å². The van der Waals surface area contributed by atoms with E-state index in [2.05, 4.69) is 3.50 Å². The summed E-state index contributed by atoms with van der Waals surface area (Å²) in [5.41, 5.74) is -0.928. The number of aliphatic hydroxyl groups is 4. The zero-order valence-corrected chi connectivity index (χ0v) is 23.0. The SMILES string of the molecule is CC(C)(C)O.CC(C)(C)O.CC(C)(C)O.CC(C)(C)O.[W]=[N]c1ccccc1. The standard InChI is InChI=1S/C6H5N.4C4H10O.W/c7-6-4-2-1-3-5-6;4*1-4(2,3)5;/h1-5H;4*5H,1-3H3;. The van der Waals surface area contributed by atoms with Gasteiger partial charge in [-0.25, -0.2) is 0 Å². The van der Waals surface area contributed by atoms with Gasteiger partial charge in [0.2, 0.25) is 0 Å². The van der Waals surface area contributed by atoms with Gasteiger partial charge in [0, 0.05) is 0 Å². The molecular weight excluding hydrogens is 526 g/mol. The number of hydrogen-bond donors (Lipinski definition) is 4. The topological polar surface area (TPSA) is 93.3 Å². The van der Waals surface area contributed by atoms with Crippen molar-refractivity contribution in [3.8, 4) is 0 Å². The molecule has 0 saturated heterocycles. The number of hydrogen-bond acceptors (Lipinski definition) is 5. The summed E-state index contributed by atoms with van der Waals surface area (Å²) in [5.74, 6) is 0. The van der Waals surface area contributed by atoms with Crippen LogP contribution in [0.25, 0.3) is 0 Å². The first-order valence-corrected chi connectivity index (χ1v) is 10.5. The molecule has 0 heterocycles. The summed E-state index contributed by atoms with van der Waals surface area (Å²) in [6, 6.07) is 9.95. The third-order valence-electron chi connectivity index (χ3n) is 0.862. The Balaban J connectivity index is -0.000000131. The molecule has 0 aromatic heterocycles. The van der Waals surface area contributed by atoms with Crippen LogP contribution in [0.1, 0.15) is 83.1 Å². The predicted octanol–water partition coefficient (Wildman–Crippen LogP) is 5.16. The van der Waals surface area contributed by atoms with Crippen molar-refractivity contribution in [2.24, 2.45) is 3.50 Å². The van der Waals surface area contributed by atoms with Crippen LogP contribution >= 0.6 is 0 Å². The molecule has 1 rings (SSSR count). The fourth-order valence-corrected chi connectivity index (χ4v) is 0.926. The normalized spacial score (nSPS) is 11.0. The summed E-state index contributed by atoms with van der Waals surface area (Å²) in [7, 11) is 0. The molecule has 0 aliphatic carbocycles. The summed E-state index contributed by atoms with van der Waals surface area (Å²) in [5, 5.41) is 34.1. The zero-order valence-electron chi connectivity index (χ0n) is 20.0. The second-order valence-electron chi connectivity index (χ2n) is 10.1. The second-order valence-corrected chi connectivity index (χ2v) is 10.8. The van der Waals surface area contributed by atoms with Crippen molar-refractivity contribution < 1.29 is 40.1 Å². The summed E-state index contributed by atoms with van der Waals surface area (Å²) in [6.45, 7) is 20.9. The molecule has 4 N–H and O–H groups in total. The van der Waals surface area contributed by atoms with Gasteiger partial charge in [-0.05, 0) is 83.1 Å². The molecule has 0 amide bonds. The van der Waals surface area contributed by atoms with Crippen molar-refractivity contribution in [1.29, 1.82) is 0 Å². The van der Waals surface area contributed by atoms with Crippen molar-refractivity contribution >= 4 is 5.69 Å². The van der Waals surface area contributed by atoms with Gasteiger partial charge in [-0.1, -0.05) is 0 Å². The Kier molecular flexibility index (Phi) is 20.5. The molecule has 0 aliphatic heterocycles. The van der Waals surface area contributed by atoms with E-state index in [1.54, 1.807) is 83.1 Å². The second kappa shape index (κ2) is 16.4. The van der Waals surface area contributed by atoms with E-state index in [9.17, 15) is 0 Å². The van der Waals surface area contributed by atoms with Gasteiger partial charge < -0.3 is 20.4 Å². The molecule has 1 aromatic rings. The summed E-state index contributed by atoms with van der Waals surface area (Å²) < 4.78 is 4.05. The molecule has 6 heteroatoms. The van der Waals surface area contributed by atoms with E-state index in [1.807, 2.05) is 30.3 Å². The van der Waals surface area contributed by atoms with Crippen LogP contribution in [0.3, 0.4) is 0 Å². The predicted molar refractivity (Wildman–Crippen MR) is 116 cm³/mol. The third kappa shape index (κ3) is 169. The molecule has 0 atom stereocenters. The molecule has 0 unspecified atom stereocenters. The number of rotatable bonds is 1. The summed E-state index contributed by atoms with van der Waals surface area (Å²) in [6.07, 6.45) is 0. The van der Waals surface area contributed by atoms with Crippen LogP contribution in [0.5, 0.6) is 0 Å². The molecule has 1 aromatic carbocycles. The molecule has 0 aliphatic rings. The van der Waals surface area contributed by atoms with E-state index in [0.29, 0.717) is 0 Å². The van der Waals surface area contributed by atoms with Crippen LogP contribution in [0.15, 0.2) is 33.8 Å². The fraction of sp³-hybridized carbons (Fsp3) is 0.727. The van der Waals surface area contributed by atoms with E-state index >= 15 is 0 Å². The summed E-state index contributed by atoms with van der Waals surface area (Å²) >= 11 is 1.26. The Bertz CT molecular complexity index is 393. The fourth-order valence-electron chi connectivity index (χ4n) is 0.489. The molecule has 5 nitrogen and oxygen atoms in total. The van der Waals surface area contributed by atoms with Crippen LogP contribution in [-0.2, 0) is 19.6 Å². The molecule has 0 radical (unpaired) electrons. The van der Waals surface area contributed by atoms with Gasteiger partial charge in [0.1, 0.15) is 0 Å². The maximum absolute atomic E-state index is 8.52. The number of benzene rings is 1. The molecule has 28 heavy (non-hydrogen) atoms. The van der Waals surface area contributed by atoms with Crippen LogP contribution in [0.4, 0.5) is 5.69 Å². The van der Waals surface area contributed by atoms with E-state index < -0.39 is 22.4 Å². The van der Waals surface area contributed by atoms with Crippen molar-refractivity contribution in [2.75, 3.05) is 0 Å². The van der Waals surface area contributed by atoms with Gasteiger partial charge in [-0.2, -0.15) is 0 Å². The van der Waals surface area contributed by atoms with E-state index in [4.69, 9.17) is 20.4 Å². The first-order chi connectivity index (χ1) is 11.9. The van der Waals surface area contributed by atoms with Gasteiger partial charge in [0.15, 0.2) is 0 Å². The molecule has 0 fully saturated rings. The molecule has 0 bridgehead atoms. The maximum atomic E-state index is 8.52. The molecule has 0 saturated carbocycles. The van der Waals surface area contributed by atoms with Gasteiger partial charge in [-0.15, -0.1) is 0 Å². The van der Waals surface area contributed by atoms with Gasteiger partial charge >= 0.3 is 59.1 Å². The Labute approximate surface area is 185 Å². The molecule has 0 spiro atoms. The van der Waals surface area contributed by atoms with E-state index in [-0.39, 0.29) is 0 Å². The average Bonchev–Trinajstić information content (AvgIpc) is 2.31. The van der Waals surface area contributed by atoms with Gasteiger partial charge in [-0.3, -0.25) is 0 Å². The number of nitrogens with zero attached hydrogens (tertiary/aromatic N) is 1. The van der Waals surface area contributed by atoms with Crippen molar-refractivity contribution in [2.45, 2.75) is 105 Å². The average molecular weight is 571 g/mol. The van der Waals surface area contributed by atoms with Crippen molar-refractivity contribution in [3.05, 3.63) is 30.3 Å². The van der Waals surface area contributed by atoms with E-state index in [0.717, 1.165) is 5.69 Å². The van der Waals surface area contributed by atoms with E-state index in [1.165, 1.54) is 19.6 Å². The molecular formula is C22H45NO4W. The zero-order chi connectivity index (χ0) is 23.8. The third-order valence-corrected chi connectivity index (χ3v) is 1.62. The quantitative estimate of drug-likeness (QED) is 0.375. The van der Waals surface area contributed by atoms with Crippen LogP contribution in [0.2, 0.25) is 0 Å².